The fraction of sp³-hybridized carbons (Fsp3) is 0.143. The summed E-state index contributed by atoms with van der Waals surface area (Å²) in [6, 6.07) is 7.89. The first kappa shape index (κ1) is 21.5. The summed E-state index contributed by atoms with van der Waals surface area (Å²) in [5.74, 6) is -0.250. The molecule has 0 aliphatic rings. The number of hydrogen-bond donors (Lipinski definition) is 3. The molecule has 4 aromatic heterocycles. The van der Waals surface area contributed by atoms with E-state index in [2.05, 4.69) is 25.3 Å². The molecule has 1 atom stereocenters. The molecule has 0 amide bonds. The third-order valence-corrected chi connectivity index (χ3v) is 4.62. The molecule has 0 aromatic carbocycles. The number of aliphatic hydroxyl groups excluding tert-OH is 2. The number of aromatic nitrogens is 4. The Kier molecular flexibility index (Phi) is 5.68. The Morgan fingerprint density at radius 2 is 1.81 bits per heavy atom. The number of aliphatic hydroxyl groups is 2. The molecule has 4 rings (SSSR count). The fourth-order valence-corrected chi connectivity index (χ4v) is 2.97. The molecule has 0 aliphatic heterocycles. The zero-order chi connectivity index (χ0) is 22.9. The Balaban J connectivity index is 1.64. The number of nitrogens with zero attached hydrogens (tertiary/aromatic N) is 4. The van der Waals surface area contributed by atoms with E-state index in [1.165, 1.54) is 24.5 Å². The number of rotatable bonds is 5. The van der Waals surface area contributed by atoms with Crippen molar-refractivity contribution < 1.29 is 27.8 Å². The van der Waals surface area contributed by atoms with E-state index < -0.39 is 30.3 Å². The zero-order valence-electron chi connectivity index (χ0n) is 16.2. The summed E-state index contributed by atoms with van der Waals surface area (Å²) in [5.41, 5.74) is -0.115. The summed E-state index contributed by atoms with van der Waals surface area (Å²) >= 11 is 0. The van der Waals surface area contributed by atoms with Crippen molar-refractivity contribution in [1.29, 1.82) is 0 Å². The van der Waals surface area contributed by atoms with Crippen molar-refractivity contribution in [2.75, 3.05) is 11.9 Å². The number of nitrogens with one attached hydrogen (secondary N) is 1. The number of fused-ring (bicyclic) bond motifs is 1. The van der Waals surface area contributed by atoms with Crippen LogP contribution >= 0.6 is 0 Å². The van der Waals surface area contributed by atoms with Gasteiger partial charge in [0.1, 0.15) is 23.4 Å². The summed E-state index contributed by atoms with van der Waals surface area (Å²) in [4.78, 5) is 16.3. The molecule has 0 saturated carbocycles. The average Bonchev–Trinajstić information content (AvgIpc) is 2.78. The molecular formula is C21H15F4N5O2. The predicted octanol–water partition coefficient (Wildman–Crippen LogP) is 4.01. The van der Waals surface area contributed by atoms with Gasteiger partial charge >= 0.3 is 6.18 Å². The number of anilines is 2. The Hall–Kier alpha value is -3.70. The van der Waals surface area contributed by atoms with Crippen LogP contribution in [0.25, 0.3) is 22.3 Å². The van der Waals surface area contributed by atoms with Crippen LogP contribution in [0, 0.1) is 5.82 Å². The molecule has 0 aliphatic carbocycles. The maximum absolute atomic E-state index is 14.5. The molecule has 32 heavy (non-hydrogen) atoms. The number of halogens is 4. The maximum atomic E-state index is 14.5. The minimum Gasteiger partial charge on any atom is -0.393 e. The third kappa shape index (κ3) is 4.34. The third-order valence-electron chi connectivity index (χ3n) is 4.62. The summed E-state index contributed by atoms with van der Waals surface area (Å²) in [6.07, 6.45) is -2.32. The van der Waals surface area contributed by atoms with E-state index in [1.54, 1.807) is 12.1 Å². The van der Waals surface area contributed by atoms with Gasteiger partial charge in [0.15, 0.2) is 5.82 Å². The molecule has 0 saturated heterocycles. The number of alkyl halides is 3. The van der Waals surface area contributed by atoms with E-state index in [0.717, 1.165) is 18.3 Å². The van der Waals surface area contributed by atoms with Crippen molar-refractivity contribution >= 4 is 22.5 Å². The van der Waals surface area contributed by atoms with Gasteiger partial charge in [0, 0.05) is 29.5 Å². The van der Waals surface area contributed by atoms with Crippen LogP contribution in [0.2, 0.25) is 0 Å². The SMILES string of the molecule is OC[C@@H](O)c1cnc(-c2ccc3c(Nc4ccc(C(F)(F)F)cn4)nccc3n2)c(F)c1. The topological polar surface area (TPSA) is 104 Å². The monoisotopic (exact) mass is 445 g/mol. The van der Waals surface area contributed by atoms with E-state index in [-0.39, 0.29) is 22.8 Å². The van der Waals surface area contributed by atoms with E-state index >= 15 is 0 Å². The van der Waals surface area contributed by atoms with Gasteiger partial charge in [0.25, 0.3) is 0 Å². The van der Waals surface area contributed by atoms with Gasteiger partial charge < -0.3 is 15.5 Å². The van der Waals surface area contributed by atoms with Gasteiger partial charge in [0.2, 0.25) is 0 Å². The van der Waals surface area contributed by atoms with Gasteiger partial charge in [0.05, 0.1) is 23.4 Å². The van der Waals surface area contributed by atoms with Crippen molar-refractivity contribution in [3.63, 3.8) is 0 Å². The van der Waals surface area contributed by atoms with Crippen LogP contribution in [0.1, 0.15) is 17.2 Å². The molecule has 4 heterocycles. The van der Waals surface area contributed by atoms with E-state index in [0.29, 0.717) is 16.7 Å². The molecule has 3 N–H and O–H groups in total. The Bertz CT molecular complexity index is 1270. The number of hydrogen-bond acceptors (Lipinski definition) is 7. The molecule has 0 fully saturated rings. The van der Waals surface area contributed by atoms with Crippen molar-refractivity contribution in [2.45, 2.75) is 12.3 Å². The minimum atomic E-state index is -4.48. The van der Waals surface area contributed by atoms with Gasteiger partial charge in [-0.3, -0.25) is 4.98 Å². The molecule has 0 unspecified atom stereocenters. The molecule has 0 radical (unpaired) electrons. The first-order valence-electron chi connectivity index (χ1n) is 9.27. The van der Waals surface area contributed by atoms with E-state index in [9.17, 15) is 22.7 Å². The van der Waals surface area contributed by atoms with Crippen molar-refractivity contribution in [1.82, 2.24) is 19.9 Å². The Labute approximate surface area is 178 Å². The largest absolute Gasteiger partial charge is 0.417 e. The van der Waals surface area contributed by atoms with Crippen LogP contribution in [-0.4, -0.2) is 36.8 Å². The Morgan fingerprint density at radius 1 is 1.00 bits per heavy atom. The van der Waals surface area contributed by atoms with Crippen LogP contribution in [-0.2, 0) is 6.18 Å². The highest BCUT2D eigenvalue weighted by atomic mass is 19.4. The van der Waals surface area contributed by atoms with Gasteiger partial charge in [-0.1, -0.05) is 0 Å². The molecule has 7 nitrogen and oxygen atoms in total. The van der Waals surface area contributed by atoms with E-state index in [1.807, 2.05) is 0 Å². The normalized spacial score (nSPS) is 12.7. The molecule has 0 bridgehead atoms. The summed E-state index contributed by atoms with van der Waals surface area (Å²) in [6.45, 7) is -0.564. The highest BCUT2D eigenvalue weighted by Crippen LogP contribution is 2.30. The lowest BCUT2D eigenvalue weighted by Gasteiger charge is -2.11. The van der Waals surface area contributed by atoms with Crippen molar-refractivity contribution in [2.24, 2.45) is 0 Å². The lowest BCUT2D eigenvalue weighted by molar-refractivity contribution is -0.137. The standard InChI is InChI=1S/C21H15F4N5O2/c22-14-7-11(17(32)10-31)8-28-19(14)16-3-2-13-15(29-16)5-6-26-20(13)30-18-4-1-12(9-27-18)21(23,24)25/h1-9,17,31-32H,10H2,(H,26,27,30)/t17-/m1/s1. The Morgan fingerprint density at radius 3 is 2.47 bits per heavy atom. The first-order valence-corrected chi connectivity index (χ1v) is 9.27. The highest BCUT2D eigenvalue weighted by Gasteiger charge is 2.30. The van der Waals surface area contributed by atoms with Crippen LogP contribution in [0.4, 0.5) is 29.2 Å². The zero-order valence-corrected chi connectivity index (χ0v) is 16.2. The minimum absolute atomic E-state index is 0.0449. The van der Waals surface area contributed by atoms with E-state index in [4.69, 9.17) is 5.11 Å². The quantitative estimate of drug-likeness (QED) is 0.399. The number of pyridine rings is 4. The molecule has 0 spiro atoms. The lowest BCUT2D eigenvalue weighted by atomic mass is 10.1. The average molecular weight is 445 g/mol. The summed E-state index contributed by atoms with van der Waals surface area (Å²) < 4.78 is 52.6. The predicted molar refractivity (Wildman–Crippen MR) is 107 cm³/mol. The van der Waals surface area contributed by atoms with Gasteiger partial charge in [-0.05, 0) is 36.4 Å². The second-order valence-electron chi connectivity index (χ2n) is 6.78. The molecular weight excluding hydrogens is 430 g/mol. The van der Waals surface area contributed by atoms with Gasteiger partial charge in [-0.2, -0.15) is 13.2 Å². The van der Waals surface area contributed by atoms with Gasteiger partial charge in [-0.25, -0.2) is 19.3 Å². The molecule has 164 valence electrons. The highest BCUT2D eigenvalue weighted by molar-refractivity contribution is 5.91. The fourth-order valence-electron chi connectivity index (χ4n) is 2.97. The molecule has 4 aromatic rings. The summed E-state index contributed by atoms with van der Waals surface area (Å²) in [5, 5.41) is 22.0. The second-order valence-corrected chi connectivity index (χ2v) is 6.78. The van der Waals surface area contributed by atoms with Crippen LogP contribution in [0.15, 0.2) is 55.0 Å². The van der Waals surface area contributed by atoms with Crippen molar-refractivity contribution in [3.05, 3.63) is 71.9 Å². The van der Waals surface area contributed by atoms with Crippen LogP contribution < -0.4 is 5.32 Å². The lowest BCUT2D eigenvalue weighted by Crippen LogP contribution is -2.06. The van der Waals surface area contributed by atoms with Crippen molar-refractivity contribution in [3.8, 4) is 11.4 Å². The van der Waals surface area contributed by atoms with Gasteiger partial charge in [-0.15, -0.1) is 0 Å². The second kappa shape index (κ2) is 8.44. The van der Waals surface area contributed by atoms with Crippen LogP contribution in [0.3, 0.4) is 0 Å². The summed E-state index contributed by atoms with van der Waals surface area (Å²) in [7, 11) is 0. The molecule has 11 heteroatoms. The maximum Gasteiger partial charge on any atom is 0.417 e. The van der Waals surface area contributed by atoms with Crippen LogP contribution in [0.5, 0.6) is 0 Å². The smallest absolute Gasteiger partial charge is 0.393 e. The first-order chi connectivity index (χ1) is 15.3.